The highest BCUT2D eigenvalue weighted by Gasteiger charge is 2.19. The minimum atomic E-state index is 0.730. The van der Waals surface area contributed by atoms with Gasteiger partial charge in [0.2, 0.25) is 0 Å². The maximum absolute atomic E-state index is 6.54. The van der Waals surface area contributed by atoms with E-state index in [1.165, 1.54) is 11.1 Å². The number of fused-ring (bicyclic) bond motifs is 8. The molecule has 6 nitrogen and oxygen atoms in total. The smallest absolute Gasteiger partial charge is 0.0737 e. The minimum Gasteiger partial charge on any atom is -0.398 e. The van der Waals surface area contributed by atoms with Crippen LogP contribution in [-0.4, -0.2) is 19.9 Å². The zero-order chi connectivity index (χ0) is 37.1. The summed E-state index contributed by atoms with van der Waals surface area (Å²) in [6, 6.07) is 38.3. The van der Waals surface area contributed by atoms with Gasteiger partial charge in [0.1, 0.15) is 0 Å². The monoisotopic (exact) mass is 700 g/mol. The highest BCUT2D eigenvalue weighted by atomic mass is 14.8. The summed E-state index contributed by atoms with van der Waals surface area (Å²) in [6.45, 7) is 8.27. The predicted octanol–water partition coefficient (Wildman–Crippen LogP) is 11.7. The number of nitrogen functional groups attached to an aromatic ring is 2. The van der Waals surface area contributed by atoms with Crippen molar-refractivity contribution in [3.05, 3.63) is 154 Å². The zero-order valence-corrected chi connectivity index (χ0v) is 30.8. The highest BCUT2D eigenvalue weighted by molar-refractivity contribution is 6.00. The molecule has 54 heavy (non-hydrogen) atoms. The molecule has 0 saturated heterocycles. The van der Waals surface area contributed by atoms with Crippen molar-refractivity contribution in [3.8, 4) is 44.5 Å². The van der Waals surface area contributed by atoms with E-state index < -0.39 is 0 Å². The Morgan fingerprint density at radius 3 is 0.981 bits per heavy atom. The van der Waals surface area contributed by atoms with Crippen LogP contribution in [0.2, 0.25) is 0 Å². The van der Waals surface area contributed by atoms with E-state index in [1.54, 1.807) is 0 Å². The summed E-state index contributed by atoms with van der Waals surface area (Å²) in [5.74, 6) is 0. The normalized spacial score (nSPS) is 12.1. The fraction of sp³-hybridized carbons (Fsp3) is 0.0833. The number of hydrogen-bond acceptors (Lipinski definition) is 4. The maximum Gasteiger partial charge on any atom is 0.0737 e. The van der Waals surface area contributed by atoms with Gasteiger partial charge in [-0.1, -0.05) is 83.9 Å². The average molecular weight is 701 g/mol. The van der Waals surface area contributed by atoms with Gasteiger partial charge >= 0.3 is 0 Å². The SMILES string of the molecule is Cc1ccc(-c2c3nc(c(-c4ccc(C)cc4)c4ccc([nH]4)c(-c4ccc(C)c(N)c4)c4nc(c(-c5ccc(C)c(N)c5)c5ccc2[nH]5)C=C4)C=C3)cc1. The van der Waals surface area contributed by atoms with Crippen LogP contribution in [-0.2, 0) is 0 Å². The van der Waals surface area contributed by atoms with Gasteiger partial charge in [-0.2, -0.15) is 0 Å². The first kappa shape index (κ1) is 33.0. The number of nitrogens with zero attached hydrogens (tertiary/aromatic N) is 2. The number of aromatic nitrogens is 4. The highest BCUT2D eigenvalue weighted by Crippen LogP contribution is 2.39. The van der Waals surface area contributed by atoms with Crippen molar-refractivity contribution in [3.63, 3.8) is 0 Å². The number of nitrogens with two attached hydrogens (primary N) is 2. The topological polar surface area (TPSA) is 109 Å². The van der Waals surface area contributed by atoms with Crippen molar-refractivity contribution in [2.75, 3.05) is 11.5 Å². The van der Waals surface area contributed by atoms with E-state index in [1.807, 2.05) is 26.0 Å². The van der Waals surface area contributed by atoms with Crippen molar-refractivity contribution in [2.24, 2.45) is 0 Å². The summed E-state index contributed by atoms with van der Waals surface area (Å²) < 4.78 is 0. The molecule has 5 heterocycles. The molecule has 2 aliphatic heterocycles. The number of aryl methyl sites for hydroxylation is 4. The number of benzene rings is 4. The minimum absolute atomic E-state index is 0.730. The van der Waals surface area contributed by atoms with Crippen LogP contribution in [0.5, 0.6) is 0 Å². The molecule has 2 aliphatic rings. The van der Waals surface area contributed by atoms with Gasteiger partial charge < -0.3 is 21.4 Å². The van der Waals surface area contributed by atoms with E-state index in [0.717, 1.165) is 112 Å². The molecule has 0 spiro atoms. The van der Waals surface area contributed by atoms with Crippen molar-refractivity contribution in [1.82, 2.24) is 19.9 Å². The fourth-order valence-corrected chi connectivity index (χ4v) is 7.45. The lowest BCUT2D eigenvalue weighted by Crippen LogP contribution is -1.93. The molecule has 0 amide bonds. The predicted molar refractivity (Wildman–Crippen MR) is 228 cm³/mol. The van der Waals surface area contributed by atoms with Gasteiger partial charge in [0.05, 0.1) is 22.8 Å². The number of anilines is 2. The third kappa shape index (κ3) is 5.78. The standard InChI is InChI=1S/C48H40N6/c1-27-5-11-31(12-6-27)45-37-17-18-38(51-37)46(32-13-7-28(2)8-14-32)40-20-22-42(53-40)48(34-16-10-30(4)36(50)26-34)44-24-23-43(54-44)47(41-21-19-39(45)52-41)33-15-9-29(3)35(49)25-33/h5-26,52-53H,49-50H2,1-4H3. The quantitative estimate of drug-likeness (QED) is 0.137. The van der Waals surface area contributed by atoms with E-state index in [2.05, 4.69) is 145 Å². The van der Waals surface area contributed by atoms with Crippen molar-refractivity contribution < 1.29 is 0 Å². The fourth-order valence-electron chi connectivity index (χ4n) is 7.45. The lowest BCUT2D eigenvalue weighted by Gasteiger charge is -2.09. The summed E-state index contributed by atoms with van der Waals surface area (Å²) in [5, 5.41) is 0. The van der Waals surface area contributed by atoms with Crippen LogP contribution in [0.3, 0.4) is 0 Å². The first-order valence-electron chi connectivity index (χ1n) is 18.2. The Morgan fingerprint density at radius 2 is 0.667 bits per heavy atom. The van der Waals surface area contributed by atoms with Crippen LogP contribution in [0.4, 0.5) is 11.4 Å². The first-order chi connectivity index (χ1) is 26.2. The van der Waals surface area contributed by atoms with Gasteiger partial charge in [-0.3, -0.25) is 0 Å². The van der Waals surface area contributed by atoms with Crippen LogP contribution in [0.25, 0.3) is 90.9 Å². The molecule has 8 bridgehead atoms. The molecule has 0 atom stereocenters. The lowest BCUT2D eigenvalue weighted by molar-refractivity contribution is 1.31. The molecule has 6 heteroatoms. The van der Waals surface area contributed by atoms with E-state index >= 15 is 0 Å². The maximum atomic E-state index is 6.54. The van der Waals surface area contributed by atoms with E-state index in [4.69, 9.17) is 21.4 Å². The largest absolute Gasteiger partial charge is 0.398 e. The Morgan fingerprint density at radius 1 is 0.370 bits per heavy atom. The van der Waals surface area contributed by atoms with E-state index in [-0.39, 0.29) is 0 Å². The van der Waals surface area contributed by atoms with Crippen LogP contribution in [0.1, 0.15) is 45.0 Å². The van der Waals surface area contributed by atoms with Crippen molar-refractivity contribution in [1.29, 1.82) is 0 Å². The average Bonchev–Trinajstić information content (AvgIpc) is 4.00. The molecule has 262 valence electrons. The van der Waals surface area contributed by atoms with Crippen LogP contribution in [0, 0.1) is 27.7 Å². The Balaban J connectivity index is 1.48. The molecular weight excluding hydrogens is 661 g/mol. The number of aromatic amines is 2. The third-order valence-corrected chi connectivity index (χ3v) is 10.6. The van der Waals surface area contributed by atoms with Crippen molar-refractivity contribution in [2.45, 2.75) is 27.7 Å². The van der Waals surface area contributed by atoms with Gasteiger partial charge in [0.15, 0.2) is 0 Å². The third-order valence-electron chi connectivity index (χ3n) is 10.6. The summed E-state index contributed by atoms with van der Waals surface area (Å²) >= 11 is 0. The summed E-state index contributed by atoms with van der Waals surface area (Å²) in [4.78, 5) is 18.4. The number of H-pyrrole nitrogens is 2. The second kappa shape index (κ2) is 12.9. The van der Waals surface area contributed by atoms with Gasteiger partial charge in [-0.15, -0.1) is 0 Å². The number of hydrogen-bond donors (Lipinski definition) is 4. The lowest BCUT2D eigenvalue weighted by atomic mass is 10.0. The van der Waals surface area contributed by atoms with Crippen molar-refractivity contribution >= 4 is 57.7 Å². The molecule has 3 aromatic heterocycles. The molecule has 9 rings (SSSR count). The van der Waals surface area contributed by atoms with Gasteiger partial charge in [-0.05, 0) is 122 Å². The first-order valence-corrected chi connectivity index (χ1v) is 18.2. The Kier molecular flexibility index (Phi) is 7.89. The zero-order valence-electron chi connectivity index (χ0n) is 30.8. The van der Waals surface area contributed by atoms with Gasteiger partial charge in [0, 0.05) is 55.7 Å². The molecule has 6 N–H and O–H groups in total. The Bertz CT molecular complexity index is 2670. The molecular formula is C48H40N6. The van der Waals surface area contributed by atoms with Gasteiger partial charge in [-0.25, -0.2) is 9.97 Å². The molecule has 0 fully saturated rings. The Hall–Kier alpha value is -6.92. The molecule has 0 unspecified atom stereocenters. The summed E-state index contributed by atoms with van der Waals surface area (Å²) in [6.07, 6.45) is 8.45. The Labute approximate surface area is 314 Å². The van der Waals surface area contributed by atoms with Gasteiger partial charge in [0.25, 0.3) is 0 Å². The van der Waals surface area contributed by atoms with E-state index in [9.17, 15) is 0 Å². The molecule has 0 radical (unpaired) electrons. The van der Waals surface area contributed by atoms with E-state index in [0.29, 0.717) is 0 Å². The second-order valence-corrected chi connectivity index (χ2v) is 14.4. The summed E-state index contributed by atoms with van der Waals surface area (Å²) in [5.41, 5.74) is 34.2. The van der Waals surface area contributed by atoms with Crippen LogP contribution < -0.4 is 11.5 Å². The van der Waals surface area contributed by atoms with Crippen LogP contribution in [0.15, 0.2) is 109 Å². The molecule has 4 aromatic carbocycles. The number of rotatable bonds is 4. The molecule has 0 saturated carbocycles. The molecule has 0 aliphatic carbocycles. The molecule has 7 aromatic rings. The summed E-state index contributed by atoms with van der Waals surface area (Å²) in [7, 11) is 0. The van der Waals surface area contributed by atoms with Crippen LogP contribution >= 0.6 is 0 Å². The second-order valence-electron chi connectivity index (χ2n) is 14.4. The number of nitrogens with one attached hydrogen (secondary N) is 2.